The predicted molar refractivity (Wildman–Crippen MR) is 110 cm³/mol. The normalized spacial score (nSPS) is 15.7. The van der Waals surface area contributed by atoms with E-state index in [0.717, 1.165) is 24.6 Å². The van der Waals surface area contributed by atoms with Crippen molar-refractivity contribution >= 4 is 11.9 Å². The third-order valence-electron chi connectivity index (χ3n) is 5.29. The number of guanidine groups is 1. The van der Waals surface area contributed by atoms with E-state index in [-0.39, 0.29) is 5.41 Å². The lowest BCUT2D eigenvalue weighted by Crippen LogP contribution is -2.48. The molecule has 2 aromatic rings. The van der Waals surface area contributed by atoms with Gasteiger partial charge < -0.3 is 16.4 Å². The number of nitrogens with one attached hydrogen (secondary N) is 2. The molecule has 0 spiro atoms. The number of hydrogen-bond donors (Lipinski definition) is 3. The summed E-state index contributed by atoms with van der Waals surface area (Å²) in [5.74, 6) is 0.408. The van der Waals surface area contributed by atoms with Gasteiger partial charge in [0.15, 0.2) is 5.96 Å². The molecule has 2 aromatic carbocycles. The standard InChI is InChI=1S/C22H28N4O/c1-2-24-21(25-15-17-9-11-18(12-10-17)20(23)27)26-16-22(13-6-14-22)19-7-4-3-5-8-19/h3-5,7-12H,2,6,13-16H2,1H3,(H2,23,27)(H2,24,25,26). The minimum atomic E-state index is -0.410. The Morgan fingerprint density at radius 1 is 1.07 bits per heavy atom. The molecule has 1 fully saturated rings. The van der Waals surface area contributed by atoms with Crippen LogP contribution in [0.5, 0.6) is 0 Å². The molecule has 0 aliphatic heterocycles. The van der Waals surface area contributed by atoms with Gasteiger partial charge in [0.05, 0.1) is 6.54 Å². The minimum Gasteiger partial charge on any atom is -0.366 e. The lowest BCUT2D eigenvalue weighted by molar-refractivity contribution is 0.100. The van der Waals surface area contributed by atoms with Crippen molar-refractivity contribution in [2.24, 2.45) is 10.7 Å². The van der Waals surface area contributed by atoms with Crippen LogP contribution in [0.2, 0.25) is 0 Å². The highest BCUT2D eigenvalue weighted by molar-refractivity contribution is 5.92. The van der Waals surface area contributed by atoms with E-state index in [1.54, 1.807) is 12.1 Å². The van der Waals surface area contributed by atoms with Gasteiger partial charge in [-0.3, -0.25) is 4.79 Å². The van der Waals surface area contributed by atoms with E-state index in [2.05, 4.69) is 47.9 Å². The Balaban J connectivity index is 1.64. The van der Waals surface area contributed by atoms with Crippen LogP contribution in [0.3, 0.4) is 0 Å². The topological polar surface area (TPSA) is 79.5 Å². The smallest absolute Gasteiger partial charge is 0.248 e. The van der Waals surface area contributed by atoms with Gasteiger partial charge in [0.1, 0.15) is 0 Å². The molecule has 0 saturated heterocycles. The van der Waals surface area contributed by atoms with Crippen LogP contribution < -0.4 is 16.4 Å². The van der Waals surface area contributed by atoms with Gasteiger partial charge in [-0.2, -0.15) is 0 Å². The number of hydrogen-bond acceptors (Lipinski definition) is 2. The molecule has 0 unspecified atom stereocenters. The maximum absolute atomic E-state index is 11.2. The number of carbonyl (C=O) groups is 1. The molecule has 5 heteroatoms. The van der Waals surface area contributed by atoms with Crippen LogP contribution >= 0.6 is 0 Å². The number of aliphatic imine (C=N–C) groups is 1. The average Bonchev–Trinajstić information content (AvgIpc) is 2.66. The summed E-state index contributed by atoms with van der Waals surface area (Å²) in [6, 6.07) is 18.0. The summed E-state index contributed by atoms with van der Waals surface area (Å²) in [6.45, 7) is 4.30. The van der Waals surface area contributed by atoms with E-state index in [1.807, 2.05) is 12.1 Å². The second-order valence-corrected chi connectivity index (χ2v) is 7.11. The molecule has 1 aliphatic rings. The van der Waals surface area contributed by atoms with Crippen LogP contribution in [-0.2, 0) is 12.0 Å². The van der Waals surface area contributed by atoms with E-state index < -0.39 is 5.91 Å². The van der Waals surface area contributed by atoms with Crippen LogP contribution in [0.4, 0.5) is 0 Å². The minimum absolute atomic E-state index is 0.209. The summed E-state index contributed by atoms with van der Waals surface area (Å²) in [6.07, 6.45) is 3.69. The van der Waals surface area contributed by atoms with Crippen molar-refractivity contribution in [1.82, 2.24) is 10.6 Å². The summed E-state index contributed by atoms with van der Waals surface area (Å²) >= 11 is 0. The van der Waals surface area contributed by atoms with E-state index in [1.165, 1.54) is 24.8 Å². The summed E-state index contributed by atoms with van der Waals surface area (Å²) in [5, 5.41) is 6.85. The quantitative estimate of drug-likeness (QED) is 0.522. The zero-order valence-corrected chi connectivity index (χ0v) is 15.9. The van der Waals surface area contributed by atoms with Gasteiger partial charge in [-0.05, 0) is 43.0 Å². The van der Waals surface area contributed by atoms with Gasteiger partial charge in [-0.1, -0.05) is 48.9 Å². The zero-order chi connectivity index (χ0) is 19.1. The van der Waals surface area contributed by atoms with Crippen LogP contribution in [0.25, 0.3) is 0 Å². The van der Waals surface area contributed by atoms with Gasteiger partial charge in [-0.25, -0.2) is 4.99 Å². The fraction of sp³-hybridized carbons (Fsp3) is 0.364. The molecule has 3 rings (SSSR count). The molecular formula is C22H28N4O. The van der Waals surface area contributed by atoms with Crippen molar-refractivity contribution in [2.45, 2.75) is 38.1 Å². The van der Waals surface area contributed by atoms with Gasteiger partial charge in [0.2, 0.25) is 5.91 Å². The fourth-order valence-corrected chi connectivity index (χ4v) is 3.50. The van der Waals surface area contributed by atoms with Crippen LogP contribution in [-0.4, -0.2) is 25.0 Å². The Morgan fingerprint density at radius 3 is 2.33 bits per heavy atom. The highest BCUT2D eigenvalue weighted by atomic mass is 16.1. The van der Waals surface area contributed by atoms with E-state index in [9.17, 15) is 4.79 Å². The maximum Gasteiger partial charge on any atom is 0.248 e. The summed E-state index contributed by atoms with van der Waals surface area (Å²) in [4.78, 5) is 15.9. The molecule has 5 nitrogen and oxygen atoms in total. The molecule has 4 N–H and O–H groups in total. The first-order valence-corrected chi connectivity index (χ1v) is 9.59. The lowest BCUT2D eigenvalue weighted by Gasteiger charge is -2.43. The molecule has 1 saturated carbocycles. The number of primary amides is 1. The maximum atomic E-state index is 11.2. The molecular weight excluding hydrogens is 336 g/mol. The van der Waals surface area contributed by atoms with Gasteiger partial charge in [0, 0.05) is 24.1 Å². The van der Waals surface area contributed by atoms with Crippen molar-refractivity contribution in [3.8, 4) is 0 Å². The highest BCUT2D eigenvalue weighted by Gasteiger charge is 2.38. The number of rotatable bonds is 7. The van der Waals surface area contributed by atoms with Crippen molar-refractivity contribution in [3.05, 3.63) is 71.3 Å². The Morgan fingerprint density at radius 2 is 1.78 bits per heavy atom. The van der Waals surface area contributed by atoms with Crippen LogP contribution in [0, 0.1) is 0 Å². The van der Waals surface area contributed by atoms with Gasteiger partial charge in [-0.15, -0.1) is 0 Å². The molecule has 0 bridgehead atoms. The Hall–Kier alpha value is -2.82. The molecule has 1 aliphatic carbocycles. The molecule has 142 valence electrons. The first-order chi connectivity index (χ1) is 13.1. The molecule has 0 aromatic heterocycles. The van der Waals surface area contributed by atoms with Gasteiger partial charge in [0.25, 0.3) is 0 Å². The third kappa shape index (κ3) is 4.67. The van der Waals surface area contributed by atoms with Crippen molar-refractivity contribution in [3.63, 3.8) is 0 Å². The zero-order valence-electron chi connectivity index (χ0n) is 15.9. The Kier molecular flexibility index (Phi) is 6.12. The van der Waals surface area contributed by atoms with E-state index in [4.69, 9.17) is 10.7 Å². The van der Waals surface area contributed by atoms with Gasteiger partial charge >= 0.3 is 0 Å². The number of benzene rings is 2. The predicted octanol–water partition coefficient (Wildman–Crippen LogP) is 2.96. The molecule has 27 heavy (non-hydrogen) atoms. The number of nitrogens with two attached hydrogens (primary N) is 1. The first kappa shape index (κ1) is 19.0. The monoisotopic (exact) mass is 364 g/mol. The van der Waals surface area contributed by atoms with E-state index in [0.29, 0.717) is 12.1 Å². The van der Waals surface area contributed by atoms with Crippen LogP contribution in [0.15, 0.2) is 59.6 Å². The Bertz CT molecular complexity index is 780. The van der Waals surface area contributed by atoms with Crippen molar-refractivity contribution in [2.75, 3.05) is 13.1 Å². The number of nitrogens with zero attached hydrogens (tertiary/aromatic N) is 1. The largest absolute Gasteiger partial charge is 0.366 e. The third-order valence-corrected chi connectivity index (χ3v) is 5.29. The van der Waals surface area contributed by atoms with Crippen LogP contribution in [0.1, 0.15) is 47.7 Å². The van der Waals surface area contributed by atoms with E-state index >= 15 is 0 Å². The SMILES string of the molecule is CCNC(=NCc1ccc(C(N)=O)cc1)NCC1(c2ccccc2)CCC1. The second kappa shape index (κ2) is 8.71. The lowest BCUT2D eigenvalue weighted by atomic mass is 9.64. The van der Waals surface area contributed by atoms with Crippen molar-refractivity contribution in [1.29, 1.82) is 0 Å². The second-order valence-electron chi connectivity index (χ2n) is 7.11. The average molecular weight is 364 g/mol. The fourth-order valence-electron chi connectivity index (χ4n) is 3.50. The summed E-state index contributed by atoms with van der Waals surface area (Å²) in [5.41, 5.74) is 8.46. The number of amides is 1. The first-order valence-electron chi connectivity index (χ1n) is 9.59. The highest BCUT2D eigenvalue weighted by Crippen LogP contribution is 2.43. The molecule has 1 amide bonds. The van der Waals surface area contributed by atoms with Crippen molar-refractivity contribution < 1.29 is 4.79 Å². The summed E-state index contributed by atoms with van der Waals surface area (Å²) < 4.78 is 0. The number of carbonyl (C=O) groups excluding carboxylic acids is 1. The Labute approximate surface area is 161 Å². The molecule has 0 radical (unpaired) electrons. The summed E-state index contributed by atoms with van der Waals surface area (Å²) in [7, 11) is 0. The molecule has 0 heterocycles. The molecule has 0 atom stereocenters.